The number of nitrogens with one attached hydrogen (secondary N) is 1. The lowest BCUT2D eigenvalue weighted by atomic mass is 10.1. The molecule has 0 spiro atoms. The third-order valence-corrected chi connectivity index (χ3v) is 9.04. The summed E-state index contributed by atoms with van der Waals surface area (Å²) in [6.45, 7) is 6.62. The molecule has 3 aromatic rings. The SMILES string of the molecule is CCNC(=O)[C@@H](C)N(Cc1ccc(Cl)cc1Cl)C(=O)CN(c1cccc(Cl)c1C)S(=O)(=O)c1ccc(C)cc1. The van der Waals surface area contributed by atoms with Gasteiger partial charge in [-0.25, -0.2) is 8.42 Å². The second-order valence-electron chi connectivity index (χ2n) is 9.04. The van der Waals surface area contributed by atoms with Crippen LogP contribution in [0, 0.1) is 13.8 Å². The van der Waals surface area contributed by atoms with Crippen molar-refractivity contribution in [1.29, 1.82) is 0 Å². The van der Waals surface area contributed by atoms with Crippen molar-refractivity contribution in [1.82, 2.24) is 10.2 Å². The van der Waals surface area contributed by atoms with Crippen LogP contribution < -0.4 is 9.62 Å². The highest BCUT2D eigenvalue weighted by Crippen LogP contribution is 2.31. The van der Waals surface area contributed by atoms with Gasteiger partial charge in [0.15, 0.2) is 0 Å². The fraction of sp³-hybridized carbons (Fsp3) is 0.286. The minimum absolute atomic E-state index is 0.0179. The number of carbonyl (C=O) groups is 2. The average Bonchev–Trinajstić information content (AvgIpc) is 2.88. The van der Waals surface area contributed by atoms with Crippen LogP contribution in [0.1, 0.15) is 30.5 Å². The molecule has 0 aliphatic carbocycles. The number of hydrogen-bond acceptors (Lipinski definition) is 4. The van der Waals surface area contributed by atoms with Gasteiger partial charge in [-0.2, -0.15) is 0 Å². The number of benzene rings is 3. The molecule has 0 unspecified atom stereocenters. The summed E-state index contributed by atoms with van der Waals surface area (Å²) in [7, 11) is -4.20. The number of carbonyl (C=O) groups excluding carboxylic acids is 2. The topological polar surface area (TPSA) is 86.8 Å². The Morgan fingerprint density at radius 2 is 1.62 bits per heavy atom. The molecule has 208 valence electrons. The van der Waals surface area contributed by atoms with Crippen molar-refractivity contribution in [3.05, 3.63) is 92.4 Å². The first-order chi connectivity index (χ1) is 18.4. The summed E-state index contributed by atoms with van der Waals surface area (Å²) >= 11 is 18.8. The summed E-state index contributed by atoms with van der Waals surface area (Å²) in [4.78, 5) is 28.1. The zero-order chi connectivity index (χ0) is 28.9. The number of halogens is 3. The third-order valence-electron chi connectivity index (χ3n) is 6.27. The number of sulfonamides is 1. The van der Waals surface area contributed by atoms with Crippen LogP contribution in [0.5, 0.6) is 0 Å². The van der Waals surface area contributed by atoms with Crippen molar-refractivity contribution in [2.24, 2.45) is 0 Å². The highest BCUT2D eigenvalue weighted by molar-refractivity contribution is 7.92. The zero-order valence-corrected chi connectivity index (χ0v) is 25.1. The maximum Gasteiger partial charge on any atom is 0.264 e. The lowest BCUT2D eigenvalue weighted by Gasteiger charge is -2.32. The molecule has 1 atom stereocenters. The number of nitrogens with zero attached hydrogens (tertiary/aromatic N) is 2. The minimum Gasteiger partial charge on any atom is -0.355 e. The van der Waals surface area contributed by atoms with Gasteiger partial charge in [0.1, 0.15) is 12.6 Å². The van der Waals surface area contributed by atoms with Crippen molar-refractivity contribution in [3.8, 4) is 0 Å². The molecule has 3 rings (SSSR count). The fourth-order valence-corrected chi connectivity index (χ4v) is 6.06. The highest BCUT2D eigenvalue weighted by atomic mass is 35.5. The van der Waals surface area contributed by atoms with E-state index in [0.717, 1.165) is 9.87 Å². The van der Waals surface area contributed by atoms with Gasteiger partial charge in [0.25, 0.3) is 10.0 Å². The monoisotopic (exact) mass is 609 g/mol. The quantitative estimate of drug-likeness (QED) is 0.305. The zero-order valence-electron chi connectivity index (χ0n) is 22.0. The molecule has 11 heteroatoms. The Kier molecular flexibility index (Phi) is 10.3. The summed E-state index contributed by atoms with van der Waals surface area (Å²) in [6.07, 6.45) is 0. The number of hydrogen-bond donors (Lipinski definition) is 1. The number of likely N-dealkylation sites (N-methyl/N-ethyl adjacent to an activating group) is 1. The second kappa shape index (κ2) is 13.0. The molecule has 2 amide bonds. The van der Waals surface area contributed by atoms with Crippen molar-refractivity contribution >= 4 is 62.3 Å². The second-order valence-corrected chi connectivity index (χ2v) is 12.1. The summed E-state index contributed by atoms with van der Waals surface area (Å²) in [5.41, 5.74) is 2.19. The Hall–Kier alpha value is -2.78. The van der Waals surface area contributed by atoms with E-state index < -0.39 is 28.5 Å². The van der Waals surface area contributed by atoms with Crippen molar-refractivity contribution in [2.75, 3.05) is 17.4 Å². The molecular formula is C28H30Cl3N3O4S. The number of aryl methyl sites for hydroxylation is 1. The van der Waals surface area contributed by atoms with E-state index in [4.69, 9.17) is 34.8 Å². The van der Waals surface area contributed by atoms with E-state index in [1.807, 2.05) is 6.92 Å². The summed E-state index contributed by atoms with van der Waals surface area (Å²) in [5, 5.41) is 3.81. The molecule has 0 saturated carbocycles. The van der Waals surface area contributed by atoms with Crippen LogP contribution in [-0.4, -0.2) is 44.3 Å². The predicted octanol–water partition coefficient (Wildman–Crippen LogP) is 6.01. The molecule has 0 heterocycles. The van der Waals surface area contributed by atoms with Crippen LogP contribution in [0.25, 0.3) is 0 Å². The molecular weight excluding hydrogens is 581 g/mol. The Balaban J connectivity index is 2.09. The molecule has 0 saturated heterocycles. The molecule has 7 nitrogen and oxygen atoms in total. The van der Waals surface area contributed by atoms with Gasteiger partial charge in [-0.3, -0.25) is 13.9 Å². The van der Waals surface area contributed by atoms with Crippen molar-refractivity contribution < 1.29 is 18.0 Å². The third kappa shape index (κ3) is 7.25. The van der Waals surface area contributed by atoms with E-state index >= 15 is 0 Å². The van der Waals surface area contributed by atoms with Crippen LogP contribution in [0.2, 0.25) is 15.1 Å². The normalized spacial score (nSPS) is 12.1. The smallest absolute Gasteiger partial charge is 0.264 e. The average molecular weight is 611 g/mol. The van der Waals surface area contributed by atoms with Gasteiger partial charge in [-0.05, 0) is 75.2 Å². The van der Waals surface area contributed by atoms with Gasteiger partial charge in [0, 0.05) is 28.2 Å². The fourth-order valence-electron chi connectivity index (χ4n) is 3.96. The van der Waals surface area contributed by atoms with E-state index in [1.54, 1.807) is 69.3 Å². The largest absolute Gasteiger partial charge is 0.355 e. The van der Waals surface area contributed by atoms with Crippen molar-refractivity contribution in [2.45, 2.75) is 45.2 Å². The number of amides is 2. The maximum atomic E-state index is 13.9. The Labute approximate surface area is 244 Å². The van der Waals surface area contributed by atoms with Crippen molar-refractivity contribution in [3.63, 3.8) is 0 Å². The standard InChI is InChI=1S/C28H30Cl3N3O4S/c1-5-32-28(36)20(4)33(16-21-11-12-22(29)15-25(21)31)27(35)17-34(26-8-6-7-24(30)19(26)3)39(37,38)23-13-9-18(2)10-14-23/h6-15,20H,5,16-17H2,1-4H3,(H,32,36)/t20-/m1/s1. The van der Waals surface area contributed by atoms with Crippen LogP contribution in [0.15, 0.2) is 65.6 Å². The van der Waals surface area contributed by atoms with Gasteiger partial charge >= 0.3 is 0 Å². The van der Waals surface area contributed by atoms with Gasteiger partial charge in [0.05, 0.1) is 10.6 Å². The van der Waals surface area contributed by atoms with Crippen LogP contribution in [-0.2, 0) is 26.2 Å². The van der Waals surface area contributed by atoms with E-state index in [1.165, 1.54) is 17.0 Å². The Morgan fingerprint density at radius 3 is 2.23 bits per heavy atom. The summed E-state index contributed by atoms with van der Waals surface area (Å²) in [5.74, 6) is -0.988. The molecule has 3 aromatic carbocycles. The number of rotatable bonds is 10. The van der Waals surface area contributed by atoms with E-state index in [-0.39, 0.29) is 23.0 Å². The van der Waals surface area contributed by atoms with Crippen LogP contribution in [0.3, 0.4) is 0 Å². The van der Waals surface area contributed by atoms with Gasteiger partial charge in [0.2, 0.25) is 11.8 Å². The minimum atomic E-state index is -4.20. The lowest BCUT2D eigenvalue weighted by molar-refractivity contribution is -0.139. The molecule has 0 aliphatic rings. The Bertz CT molecular complexity index is 1460. The first-order valence-electron chi connectivity index (χ1n) is 12.2. The van der Waals surface area contributed by atoms with Crippen LogP contribution in [0.4, 0.5) is 5.69 Å². The lowest BCUT2D eigenvalue weighted by Crippen LogP contribution is -2.51. The highest BCUT2D eigenvalue weighted by Gasteiger charge is 2.33. The maximum absolute atomic E-state index is 13.9. The van der Waals surface area contributed by atoms with Crippen LogP contribution >= 0.6 is 34.8 Å². The first kappa shape index (κ1) is 30.8. The predicted molar refractivity (Wildman–Crippen MR) is 157 cm³/mol. The van der Waals surface area contributed by atoms with E-state index in [0.29, 0.717) is 32.7 Å². The summed E-state index contributed by atoms with van der Waals surface area (Å²) in [6, 6.07) is 15.1. The molecule has 0 bridgehead atoms. The summed E-state index contributed by atoms with van der Waals surface area (Å²) < 4.78 is 28.9. The molecule has 0 radical (unpaired) electrons. The van der Waals surface area contributed by atoms with Gasteiger partial charge in [-0.1, -0.05) is 64.6 Å². The molecule has 0 fully saturated rings. The Morgan fingerprint density at radius 1 is 0.949 bits per heavy atom. The molecule has 39 heavy (non-hydrogen) atoms. The number of anilines is 1. The van der Waals surface area contributed by atoms with Gasteiger partial charge in [-0.15, -0.1) is 0 Å². The molecule has 0 aliphatic heterocycles. The molecule has 0 aromatic heterocycles. The van der Waals surface area contributed by atoms with Gasteiger partial charge < -0.3 is 10.2 Å². The van der Waals surface area contributed by atoms with E-state index in [2.05, 4.69) is 5.32 Å². The van der Waals surface area contributed by atoms with E-state index in [9.17, 15) is 18.0 Å². The molecule has 1 N–H and O–H groups in total. The first-order valence-corrected chi connectivity index (χ1v) is 14.8.